The van der Waals surface area contributed by atoms with E-state index in [1.165, 1.54) is 0 Å². The SMILES string of the molecule is CCCc1cc(C(=O)NCCS(=O)CC)cc(NN)n1. The fraction of sp³-hybridized carbons (Fsp3) is 0.538. The molecule has 1 aromatic rings. The van der Waals surface area contributed by atoms with Gasteiger partial charge in [0.1, 0.15) is 5.82 Å². The number of nitrogens with two attached hydrogens (primary N) is 1. The van der Waals surface area contributed by atoms with Crippen molar-refractivity contribution in [2.45, 2.75) is 26.7 Å². The fourth-order valence-electron chi connectivity index (χ4n) is 1.70. The maximum absolute atomic E-state index is 12.0. The first kappa shape index (κ1) is 16.6. The Morgan fingerprint density at radius 2 is 2.15 bits per heavy atom. The number of aromatic nitrogens is 1. The normalized spacial score (nSPS) is 11.9. The molecule has 0 saturated carbocycles. The molecule has 0 aromatic carbocycles. The number of aryl methyl sites for hydroxylation is 1. The van der Waals surface area contributed by atoms with Crippen LogP contribution in [0.25, 0.3) is 0 Å². The Kier molecular flexibility index (Phi) is 7.17. The standard InChI is InChI=1S/C13H22N4O2S/c1-3-5-11-8-10(9-12(16-11)17-14)13(18)15-6-7-20(19)4-2/h8-9H,3-7,14H2,1-2H3,(H,15,18)(H,16,17). The van der Waals surface area contributed by atoms with Gasteiger partial charge in [-0.15, -0.1) is 0 Å². The molecule has 112 valence electrons. The van der Waals surface area contributed by atoms with Gasteiger partial charge in [0.25, 0.3) is 5.91 Å². The lowest BCUT2D eigenvalue weighted by Gasteiger charge is -2.09. The third kappa shape index (κ3) is 5.26. The van der Waals surface area contributed by atoms with E-state index in [-0.39, 0.29) is 5.91 Å². The number of hydrazine groups is 1. The predicted octanol–water partition coefficient (Wildman–Crippen LogP) is 0.818. The molecule has 1 aromatic heterocycles. The summed E-state index contributed by atoms with van der Waals surface area (Å²) in [4.78, 5) is 16.3. The number of hydrogen-bond acceptors (Lipinski definition) is 5. The van der Waals surface area contributed by atoms with Gasteiger partial charge in [-0.2, -0.15) is 0 Å². The molecular weight excluding hydrogens is 276 g/mol. The third-order valence-corrected chi connectivity index (χ3v) is 4.04. The molecule has 1 rings (SSSR count). The van der Waals surface area contributed by atoms with Crippen LogP contribution >= 0.6 is 0 Å². The van der Waals surface area contributed by atoms with Crippen molar-refractivity contribution < 1.29 is 9.00 Å². The van der Waals surface area contributed by atoms with Crippen molar-refractivity contribution >= 4 is 22.5 Å². The van der Waals surface area contributed by atoms with Crippen LogP contribution in [-0.4, -0.2) is 33.2 Å². The Balaban J connectivity index is 2.71. The van der Waals surface area contributed by atoms with Gasteiger partial charge in [0.2, 0.25) is 0 Å². The molecule has 0 aliphatic rings. The number of nitrogens with one attached hydrogen (secondary N) is 2. The van der Waals surface area contributed by atoms with E-state index in [2.05, 4.69) is 15.7 Å². The highest BCUT2D eigenvalue weighted by Gasteiger charge is 2.09. The second-order valence-electron chi connectivity index (χ2n) is 4.32. The lowest BCUT2D eigenvalue weighted by molar-refractivity contribution is 0.0956. The Hall–Kier alpha value is -1.47. The zero-order valence-electron chi connectivity index (χ0n) is 11.9. The number of rotatable bonds is 8. The van der Waals surface area contributed by atoms with Gasteiger partial charge in [0.05, 0.1) is 0 Å². The molecule has 0 aliphatic carbocycles. The smallest absolute Gasteiger partial charge is 0.251 e. The van der Waals surface area contributed by atoms with Crippen LogP contribution in [0.4, 0.5) is 5.82 Å². The summed E-state index contributed by atoms with van der Waals surface area (Å²) in [7, 11) is -0.873. The summed E-state index contributed by atoms with van der Waals surface area (Å²) in [5.74, 6) is 6.70. The van der Waals surface area contributed by atoms with Gasteiger partial charge in [-0.25, -0.2) is 10.8 Å². The Labute approximate surface area is 122 Å². The summed E-state index contributed by atoms with van der Waals surface area (Å²) in [5.41, 5.74) is 3.80. The molecule has 1 heterocycles. The summed E-state index contributed by atoms with van der Waals surface area (Å²) in [6.45, 7) is 4.30. The van der Waals surface area contributed by atoms with E-state index in [1.807, 2.05) is 13.8 Å². The van der Waals surface area contributed by atoms with E-state index < -0.39 is 10.8 Å². The maximum Gasteiger partial charge on any atom is 0.251 e. The minimum Gasteiger partial charge on any atom is -0.351 e. The van der Waals surface area contributed by atoms with Gasteiger partial charge >= 0.3 is 0 Å². The average Bonchev–Trinajstić information content (AvgIpc) is 2.46. The number of nitrogens with zero attached hydrogens (tertiary/aromatic N) is 1. The van der Waals surface area contributed by atoms with Gasteiger partial charge in [0, 0.05) is 40.1 Å². The van der Waals surface area contributed by atoms with Crippen LogP contribution in [0.2, 0.25) is 0 Å². The number of carbonyl (C=O) groups is 1. The molecule has 1 atom stereocenters. The molecule has 0 saturated heterocycles. The van der Waals surface area contributed by atoms with Crippen molar-refractivity contribution in [2.75, 3.05) is 23.5 Å². The topological polar surface area (TPSA) is 97.1 Å². The zero-order chi connectivity index (χ0) is 15.0. The molecule has 0 fully saturated rings. The predicted molar refractivity (Wildman–Crippen MR) is 81.9 cm³/mol. The van der Waals surface area contributed by atoms with Crippen LogP contribution in [0.5, 0.6) is 0 Å². The van der Waals surface area contributed by atoms with Crippen LogP contribution in [0.3, 0.4) is 0 Å². The summed E-state index contributed by atoms with van der Waals surface area (Å²) in [5, 5.41) is 2.76. The van der Waals surface area contributed by atoms with Crippen LogP contribution in [0.1, 0.15) is 36.3 Å². The van der Waals surface area contributed by atoms with E-state index in [0.717, 1.165) is 18.5 Å². The maximum atomic E-state index is 12.0. The second kappa shape index (κ2) is 8.65. The highest BCUT2D eigenvalue weighted by molar-refractivity contribution is 7.84. The van der Waals surface area contributed by atoms with Crippen LogP contribution in [0, 0.1) is 0 Å². The van der Waals surface area contributed by atoms with Crippen molar-refractivity contribution in [2.24, 2.45) is 5.84 Å². The van der Waals surface area contributed by atoms with Crippen LogP contribution in [0.15, 0.2) is 12.1 Å². The first-order valence-electron chi connectivity index (χ1n) is 6.71. The first-order valence-corrected chi connectivity index (χ1v) is 8.20. The fourth-order valence-corrected chi connectivity index (χ4v) is 2.32. The van der Waals surface area contributed by atoms with Crippen LogP contribution < -0.4 is 16.6 Å². The number of hydrogen-bond donors (Lipinski definition) is 3. The molecule has 0 aliphatic heterocycles. The summed E-state index contributed by atoms with van der Waals surface area (Å²) >= 11 is 0. The zero-order valence-corrected chi connectivity index (χ0v) is 12.8. The number of anilines is 1. The van der Waals surface area contributed by atoms with Gasteiger partial charge < -0.3 is 10.7 Å². The highest BCUT2D eigenvalue weighted by atomic mass is 32.2. The van der Waals surface area contributed by atoms with Crippen molar-refractivity contribution in [1.82, 2.24) is 10.3 Å². The third-order valence-electron chi connectivity index (χ3n) is 2.73. The number of carbonyl (C=O) groups excluding carboxylic acids is 1. The van der Waals surface area contributed by atoms with E-state index >= 15 is 0 Å². The molecule has 0 bridgehead atoms. The summed E-state index contributed by atoms with van der Waals surface area (Å²) in [6, 6.07) is 3.36. The lowest BCUT2D eigenvalue weighted by Crippen LogP contribution is -2.28. The van der Waals surface area contributed by atoms with Gasteiger partial charge in [0.15, 0.2) is 0 Å². The lowest BCUT2D eigenvalue weighted by atomic mass is 10.1. The minimum absolute atomic E-state index is 0.200. The van der Waals surface area contributed by atoms with E-state index in [0.29, 0.717) is 29.4 Å². The molecule has 0 radical (unpaired) electrons. The summed E-state index contributed by atoms with van der Waals surface area (Å²) in [6.07, 6.45) is 1.73. The quantitative estimate of drug-likeness (QED) is 0.487. The molecule has 6 nitrogen and oxygen atoms in total. The Morgan fingerprint density at radius 1 is 1.40 bits per heavy atom. The summed E-state index contributed by atoms with van der Waals surface area (Å²) < 4.78 is 11.3. The van der Waals surface area contributed by atoms with E-state index in [9.17, 15) is 9.00 Å². The first-order chi connectivity index (χ1) is 9.60. The molecule has 7 heteroatoms. The number of pyridine rings is 1. The minimum atomic E-state index is -0.873. The van der Waals surface area contributed by atoms with E-state index in [4.69, 9.17) is 5.84 Å². The molecule has 1 unspecified atom stereocenters. The van der Waals surface area contributed by atoms with Crippen molar-refractivity contribution in [3.63, 3.8) is 0 Å². The number of amides is 1. The average molecular weight is 298 g/mol. The van der Waals surface area contributed by atoms with Gasteiger partial charge in [-0.3, -0.25) is 9.00 Å². The molecule has 20 heavy (non-hydrogen) atoms. The molecular formula is C13H22N4O2S. The Morgan fingerprint density at radius 3 is 2.75 bits per heavy atom. The monoisotopic (exact) mass is 298 g/mol. The van der Waals surface area contributed by atoms with Crippen LogP contribution in [-0.2, 0) is 17.2 Å². The Bertz CT molecular complexity index is 479. The van der Waals surface area contributed by atoms with Gasteiger partial charge in [-0.05, 0) is 18.6 Å². The van der Waals surface area contributed by atoms with Crippen molar-refractivity contribution in [3.05, 3.63) is 23.4 Å². The van der Waals surface area contributed by atoms with Gasteiger partial charge in [-0.1, -0.05) is 20.3 Å². The van der Waals surface area contributed by atoms with E-state index in [1.54, 1.807) is 12.1 Å². The molecule has 4 N–H and O–H groups in total. The molecule has 1 amide bonds. The van der Waals surface area contributed by atoms with Crippen molar-refractivity contribution in [3.8, 4) is 0 Å². The number of nitrogen functional groups attached to an aromatic ring is 1. The second-order valence-corrected chi connectivity index (χ2v) is 6.18. The largest absolute Gasteiger partial charge is 0.351 e. The molecule has 0 spiro atoms. The van der Waals surface area contributed by atoms with Crippen molar-refractivity contribution in [1.29, 1.82) is 0 Å². The highest BCUT2D eigenvalue weighted by Crippen LogP contribution is 2.11.